The third-order valence-electron chi connectivity index (χ3n) is 14.6. The second kappa shape index (κ2) is 24.4. The molecule has 6 aromatic heterocycles. The van der Waals surface area contributed by atoms with Crippen LogP contribution in [0.1, 0.15) is 103 Å². The Morgan fingerprint density at radius 2 is 1.10 bits per heavy atom. The van der Waals surface area contributed by atoms with Gasteiger partial charge in [0.1, 0.15) is 34.8 Å². The minimum absolute atomic E-state index is 0.112. The molecular weight excluding hydrogens is 1200 g/mol. The van der Waals surface area contributed by atoms with Crippen LogP contribution in [0.5, 0.6) is 0 Å². The Kier molecular flexibility index (Phi) is 16.8. The van der Waals surface area contributed by atoms with Gasteiger partial charge in [-0.1, -0.05) is 22.4 Å². The molecule has 0 aliphatic heterocycles. The highest BCUT2D eigenvalue weighted by atomic mass is 32.2. The van der Waals surface area contributed by atoms with Crippen LogP contribution in [0.4, 0.5) is 28.9 Å². The first kappa shape index (κ1) is 59.2. The van der Waals surface area contributed by atoms with Crippen molar-refractivity contribution in [1.29, 1.82) is 0 Å². The van der Waals surface area contributed by atoms with Crippen molar-refractivity contribution in [3.63, 3.8) is 0 Å². The zero-order valence-electron chi connectivity index (χ0n) is 45.8. The number of halogens is 4. The number of aryl methyl sites for hydroxylation is 4. The number of nitrogens with one attached hydrogen (secondary N) is 2. The molecular formula is C58H48F4N10O10S4-2. The van der Waals surface area contributed by atoms with Crippen LogP contribution in [-0.4, -0.2) is 79.5 Å². The fourth-order valence-electron chi connectivity index (χ4n) is 10.2. The number of thiazole rings is 2. The van der Waals surface area contributed by atoms with E-state index < -0.39 is 57.7 Å². The maximum absolute atomic E-state index is 15.3. The molecule has 0 spiro atoms. The van der Waals surface area contributed by atoms with Gasteiger partial charge in [0.15, 0.2) is 11.4 Å². The first-order valence-electron chi connectivity index (χ1n) is 26.5. The standard InChI is InChI=1S/2C29H25F2N5O5S2/c1-14-26(15(2)41-34-14)19-12-18(6-7-21(19)30)27-20(9-17-5-8-23(22(31)10-17)35-43(39)40)25(11-16-3-4-16)36(33-27)29-32-24(13-42-29)28(37)38;1-14-26(15(2)41-34-14)19-12-18(6-7-21(19)30)27-20(9-17-5-8-23(22(31)10-17)35-43(39)40)24(11-16-3-4-16)33-36(27)29-32-25(13-42-29)28(37)38/h2*5-8,10,12-13,16,35H,3-4,9,11H2,1-2H3,(H,37,38)(H,39,40)/p-2. The van der Waals surface area contributed by atoms with E-state index in [0.29, 0.717) is 103 Å². The molecule has 2 fully saturated rings. The first-order chi connectivity index (χ1) is 41.2. The number of hydrogen-bond acceptors (Lipinski definition) is 16. The van der Waals surface area contributed by atoms with E-state index in [1.807, 2.05) is 9.44 Å². The SMILES string of the molecule is Cc1noc(C)c1-c1cc(-c2c(Cc3ccc(NS(=O)[O-])c(F)c3)c(CC3CC3)nn2-c2nc(C(=O)O)cs2)ccc1F.Cc1noc(C)c1-c1cc(-c2nn(-c3nc(C(=O)O)cs3)c(CC3CC3)c2Cc2ccc(NS(=O)[O-])c(F)c2)ccc1F. The molecule has 0 radical (unpaired) electrons. The maximum atomic E-state index is 15.3. The number of benzene rings is 4. The number of hydrogen-bond donors (Lipinski definition) is 4. The Bertz CT molecular complexity index is 4230. The Hall–Kier alpha value is -8.54. The van der Waals surface area contributed by atoms with Crippen molar-refractivity contribution >= 4 is 68.5 Å². The molecule has 28 heteroatoms. The molecule has 12 rings (SSSR count). The fraction of sp³-hybridized carbons (Fsp3) is 0.241. The number of carbonyl (C=O) groups is 2. The van der Waals surface area contributed by atoms with Crippen molar-refractivity contribution in [3.05, 3.63) is 175 Å². The summed E-state index contributed by atoms with van der Waals surface area (Å²) in [6, 6.07) is 17.7. The third-order valence-corrected chi connectivity index (χ3v) is 17.0. The normalized spacial score (nSPS) is 13.8. The molecule has 20 nitrogen and oxygen atoms in total. The van der Waals surface area contributed by atoms with Gasteiger partial charge in [-0.05, 0) is 150 Å². The molecule has 0 bridgehead atoms. The number of carboxylic acid groups (broad SMARTS) is 2. The Morgan fingerprint density at radius 3 is 1.56 bits per heavy atom. The molecule has 10 aromatic rings. The molecule has 86 heavy (non-hydrogen) atoms. The van der Waals surface area contributed by atoms with E-state index in [4.69, 9.17) is 19.2 Å². The number of carboxylic acids is 2. The molecule has 4 N–H and O–H groups in total. The molecule has 2 aliphatic carbocycles. The van der Waals surface area contributed by atoms with Gasteiger partial charge < -0.3 is 37.8 Å². The highest BCUT2D eigenvalue weighted by Crippen LogP contribution is 2.43. The van der Waals surface area contributed by atoms with E-state index in [0.717, 1.165) is 70.9 Å². The highest BCUT2D eigenvalue weighted by Gasteiger charge is 2.32. The van der Waals surface area contributed by atoms with Crippen molar-refractivity contribution in [2.24, 2.45) is 11.8 Å². The smallest absolute Gasteiger partial charge is 0.355 e. The van der Waals surface area contributed by atoms with E-state index in [9.17, 15) is 46.1 Å². The largest absolute Gasteiger partial charge is 0.755 e. The van der Waals surface area contributed by atoms with Gasteiger partial charge in [0, 0.05) is 79.5 Å². The molecule has 0 amide bonds. The third kappa shape index (κ3) is 12.7. The minimum Gasteiger partial charge on any atom is -0.755 e. The average Bonchev–Trinajstić information content (AvgIpc) is 1.94. The molecule has 2 saturated carbocycles. The van der Waals surface area contributed by atoms with Gasteiger partial charge in [-0.15, -0.1) is 22.7 Å². The van der Waals surface area contributed by atoms with Crippen LogP contribution in [0, 0.1) is 62.8 Å². The number of nitrogens with zero attached hydrogens (tertiary/aromatic N) is 8. The maximum Gasteiger partial charge on any atom is 0.355 e. The zero-order valence-corrected chi connectivity index (χ0v) is 49.0. The molecule has 6 heterocycles. The van der Waals surface area contributed by atoms with Crippen LogP contribution in [-0.2, 0) is 48.2 Å². The summed E-state index contributed by atoms with van der Waals surface area (Å²) in [5, 5.41) is 40.3. The second-order valence-electron chi connectivity index (χ2n) is 20.8. The van der Waals surface area contributed by atoms with Crippen LogP contribution < -0.4 is 9.44 Å². The van der Waals surface area contributed by atoms with Crippen LogP contribution >= 0.6 is 22.7 Å². The van der Waals surface area contributed by atoms with E-state index >= 15 is 8.78 Å². The minimum atomic E-state index is -2.69. The number of aromatic nitrogens is 8. The summed E-state index contributed by atoms with van der Waals surface area (Å²) < 4.78 is 122. The quantitative estimate of drug-likeness (QED) is 0.0407. The lowest BCUT2D eigenvalue weighted by Gasteiger charge is -2.13. The van der Waals surface area contributed by atoms with Crippen LogP contribution in [0.2, 0.25) is 0 Å². The predicted molar refractivity (Wildman–Crippen MR) is 309 cm³/mol. The molecule has 444 valence electrons. The van der Waals surface area contributed by atoms with Crippen molar-refractivity contribution in [1.82, 2.24) is 39.8 Å². The zero-order chi connectivity index (χ0) is 60.8. The van der Waals surface area contributed by atoms with E-state index in [2.05, 4.69) is 20.3 Å². The van der Waals surface area contributed by atoms with Gasteiger partial charge in [-0.3, -0.25) is 8.42 Å². The summed E-state index contributed by atoms with van der Waals surface area (Å²) in [4.78, 5) is 31.8. The van der Waals surface area contributed by atoms with Crippen LogP contribution in [0.15, 0.2) is 92.6 Å². The summed E-state index contributed by atoms with van der Waals surface area (Å²) in [5.41, 5.74) is 8.36. The first-order valence-corrected chi connectivity index (χ1v) is 30.4. The second-order valence-corrected chi connectivity index (χ2v) is 23.8. The summed E-state index contributed by atoms with van der Waals surface area (Å²) in [6.45, 7) is 6.85. The number of anilines is 2. The molecule has 2 unspecified atom stereocenters. The number of rotatable bonds is 20. The highest BCUT2D eigenvalue weighted by molar-refractivity contribution is 7.80. The Balaban J connectivity index is 0.000000179. The van der Waals surface area contributed by atoms with Crippen molar-refractivity contribution in [3.8, 4) is 55.0 Å². The summed E-state index contributed by atoms with van der Waals surface area (Å²) >= 11 is -3.13. The van der Waals surface area contributed by atoms with Crippen molar-refractivity contribution in [2.75, 3.05) is 9.44 Å². The Labute approximate surface area is 499 Å². The Morgan fingerprint density at radius 1 is 0.628 bits per heavy atom. The van der Waals surface area contributed by atoms with Gasteiger partial charge in [0.2, 0.25) is 10.3 Å². The van der Waals surface area contributed by atoms with E-state index in [-0.39, 0.29) is 46.7 Å². The van der Waals surface area contributed by atoms with Crippen molar-refractivity contribution in [2.45, 2.75) is 79.1 Å². The summed E-state index contributed by atoms with van der Waals surface area (Å²) in [7, 11) is 0. The molecule has 4 aromatic carbocycles. The molecule has 2 atom stereocenters. The topological polar surface area (TPSA) is 292 Å². The van der Waals surface area contributed by atoms with Gasteiger partial charge in [-0.2, -0.15) is 10.2 Å². The predicted octanol–water partition coefficient (Wildman–Crippen LogP) is 12.0. The summed E-state index contributed by atoms with van der Waals surface area (Å²) in [5.74, 6) is -3.06. The van der Waals surface area contributed by atoms with Gasteiger partial charge in [0.05, 0.1) is 56.7 Å². The molecule has 2 aliphatic rings. The lowest BCUT2D eigenvalue weighted by atomic mass is 9.94. The van der Waals surface area contributed by atoms with Gasteiger partial charge in [0.25, 0.3) is 0 Å². The van der Waals surface area contributed by atoms with Crippen molar-refractivity contribution < 1.29 is 63.9 Å². The molecule has 0 saturated heterocycles. The summed E-state index contributed by atoms with van der Waals surface area (Å²) in [6.07, 6.45) is 5.81. The van der Waals surface area contributed by atoms with Crippen LogP contribution in [0.3, 0.4) is 0 Å². The van der Waals surface area contributed by atoms with E-state index in [1.54, 1.807) is 73.5 Å². The monoisotopic (exact) mass is 1250 g/mol. The van der Waals surface area contributed by atoms with Crippen LogP contribution in [0.25, 0.3) is 55.0 Å². The van der Waals surface area contributed by atoms with E-state index in [1.165, 1.54) is 47.2 Å². The fourth-order valence-corrected chi connectivity index (χ4v) is 12.4. The number of aromatic carboxylic acids is 2. The lowest BCUT2D eigenvalue weighted by Crippen LogP contribution is -2.07. The average molecular weight is 1250 g/mol. The van der Waals surface area contributed by atoms with Gasteiger partial charge >= 0.3 is 11.9 Å². The lowest BCUT2D eigenvalue weighted by molar-refractivity contribution is 0.0680. The van der Waals surface area contributed by atoms with Gasteiger partial charge in [-0.25, -0.2) is 46.5 Å².